The second kappa shape index (κ2) is 6.41. The van der Waals surface area contributed by atoms with Crippen molar-refractivity contribution >= 4 is 17.6 Å². The van der Waals surface area contributed by atoms with E-state index in [1.807, 2.05) is 24.3 Å². The topological polar surface area (TPSA) is 83.6 Å². The predicted molar refractivity (Wildman–Crippen MR) is 76.5 cm³/mol. The van der Waals surface area contributed by atoms with Crippen LogP contribution in [0.5, 0.6) is 0 Å². The minimum atomic E-state index is -0.765. The number of carboxylic acid groups (broad SMARTS) is 1. The minimum Gasteiger partial charge on any atom is -0.481 e. The largest absolute Gasteiger partial charge is 0.481 e. The molecule has 1 aromatic carbocycles. The summed E-state index contributed by atoms with van der Waals surface area (Å²) in [4.78, 5) is 24.1. The molecule has 108 valence electrons. The van der Waals surface area contributed by atoms with Crippen molar-refractivity contribution < 1.29 is 14.7 Å². The second-order valence-corrected chi connectivity index (χ2v) is 5.23. The van der Waals surface area contributed by atoms with E-state index in [2.05, 4.69) is 4.90 Å². The second-order valence-electron chi connectivity index (χ2n) is 5.23. The number of carbonyl (C=O) groups is 2. The van der Waals surface area contributed by atoms with Crippen LogP contribution in [0.15, 0.2) is 24.3 Å². The van der Waals surface area contributed by atoms with Gasteiger partial charge in [-0.1, -0.05) is 18.2 Å². The van der Waals surface area contributed by atoms with Crippen LogP contribution in [0.3, 0.4) is 0 Å². The van der Waals surface area contributed by atoms with E-state index in [1.54, 1.807) is 0 Å². The highest BCUT2D eigenvalue weighted by molar-refractivity contribution is 5.79. The predicted octanol–water partition coefficient (Wildman–Crippen LogP) is 1.41. The van der Waals surface area contributed by atoms with Crippen LogP contribution >= 0.6 is 0 Å². The van der Waals surface area contributed by atoms with Gasteiger partial charge < -0.3 is 15.7 Å². The lowest BCUT2D eigenvalue weighted by atomic mass is 9.92. The third kappa shape index (κ3) is 3.50. The van der Waals surface area contributed by atoms with Crippen LogP contribution in [0.2, 0.25) is 0 Å². The van der Waals surface area contributed by atoms with E-state index in [0.29, 0.717) is 19.4 Å². The fourth-order valence-electron chi connectivity index (χ4n) is 2.67. The van der Waals surface area contributed by atoms with Gasteiger partial charge >= 0.3 is 5.97 Å². The molecule has 0 saturated heterocycles. The average molecular weight is 276 g/mol. The summed E-state index contributed by atoms with van der Waals surface area (Å²) in [5.41, 5.74) is 7.72. The van der Waals surface area contributed by atoms with Crippen molar-refractivity contribution in [2.75, 3.05) is 18.0 Å². The summed E-state index contributed by atoms with van der Waals surface area (Å²) in [6, 6.07) is 8.01. The van der Waals surface area contributed by atoms with E-state index < -0.39 is 5.97 Å². The number of carboxylic acids is 1. The lowest BCUT2D eigenvalue weighted by Crippen LogP contribution is -2.41. The lowest BCUT2D eigenvalue weighted by molar-refractivity contribution is -0.137. The van der Waals surface area contributed by atoms with E-state index in [0.717, 1.165) is 24.2 Å². The van der Waals surface area contributed by atoms with E-state index in [4.69, 9.17) is 10.8 Å². The van der Waals surface area contributed by atoms with Crippen molar-refractivity contribution in [3.8, 4) is 0 Å². The first-order valence-electron chi connectivity index (χ1n) is 6.92. The molecule has 1 amide bonds. The number of amides is 1. The van der Waals surface area contributed by atoms with Gasteiger partial charge in [0.15, 0.2) is 0 Å². The Morgan fingerprint density at radius 2 is 2.05 bits per heavy atom. The first-order chi connectivity index (χ1) is 9.58. The zero-order valence-corrected chi connectivity index (χ0v) is 11.4. The van der Waals surface area contributed by atoms with Crippen molar-refractivity contribution in [3.63, 3.8) is 0 Å². The third-order valence-corrected chi connectivity index (χ3v) is 3.71. The smallest absolute Gasteiger partial charge is 0.303 e. The molecule has 0 fully saturated rings. The molecule has 0 saturated carbocycles. The highest BCUT2D eigenvalue weighted by Gasteiger charge is 2.27. The molecule has 5 heteroatoms. The highest BCUT2D eigenvalue weighted by Crippen LogP contribution is 2.29. The molecule has 1 unspecified atom stereocenters. The van der Waals surface area contributed by atoms with Crippen LogP contribution in [0.1, 0.15) is 24.8 Å². The van der Waals surface area contributed by atoms with Crippen LogP contribution in [0.4, 0.5) is 5.69 Å². The monoisotopic (exact) mass is 276 g/mol. The third-order valence-electron chi connectivity index (χ3n) is 3.71. The number of para-hydroxylation sites is 1. The molecule has 5 nitrogen and oxygen atoms in total. The molecule has 0 spiro atoms. The summed E-state index contributed by atoms with van der Waals surface area (Å²) in [5.74, 6) is -1.20. The molecular weight excluding hydrogens is 256 g/mol. The maximum absolute atomic E-state index is 11.4. The standard InChI is InChI=1S/C15H20N2O3/c16-15(20)12-9-11-5-1-2-6-13(11)17(10-12)8-4-3-7-14(18)19/h1-2,5-6,12H,3-4,7-10H2,(H2,16,20)(H,18,19). The molecule has 0 radical (unpaired) electrons. The minimum absolute atomic E-state index is 0.163. The van der Waals surface area contributed by atoms with Crippen LogP contribution in [-0.2, 0) is 16.0 Å². The number of primary amides is 1. The summed E-state index contributed by atoms with van der Waals surface area (Å²) in [6.45, 7) is 1.38. The molecule has 1 aromatic rings. The van der Waals surface area contributed by atoms with E-state index in [-0.39, 0.29) is 18.2 Å². The Kier molecular flexibility index (Phi) is 4.61. The summed E-state index contributed by atoms with van der Waals surface area (Å²) in [5, 5.41) is 8.65. The van der Waals surface area contributed by atoms with Gasteiger partial charge in [-0.2, -0.15) is 0 Å². The zero-order chi connectivity index (χ0) is 14.5. The van der Waals surface area contributed by atoms with Gasteiger partial charge in [0, 0.05) is 25.2 Å². The Morgan fingerprint density at radius 1 is 1.30 bits per heavy atom. The number of hydrogen-bond acceptors (Lipinski definition) is 3. The van der Waals surface area contributed by atoms with Gasteiger partial charge in [-0.05, 0) is 30.9 Å². The Bertz CT molecular complexity index is 502. The lowest BCUT2D eigenvalue weighted by Gasteiger charge is -2.35. The molecule has 1 aliphatic rings. The van der Waals surface area contributed by atoms with Crippen LogP contribution < -0.4 is 10.6 Å². The molecule has 1 atom stereocenters. The Morgan fingerprint density at radius 3 is 2.75 bits per heavy atom. The Balaban J connectivity index is 2.03. The SMILES string of the molecule is NC(=O)C1Cc2ccccc2N(CCCCC(=O)O)C1. The number of nitrogens with two attached hydrogens (primary N) is 1. The number of nitrogens with zero attached hydrogens (tertiary/aromatic N) is 1. The molecule has 20 heavy (non-hydrogen) atoms. The molecule has 1 aliphatic heterocycles. The number of aliphatic carboxylic acids is 1. The van der Waals surface area contributed by atoms with Gasteiger partial charge in [0.25, 0.3) is 0 Å². The molecule has 3 N–H and O–H groups in total. The van der Waals surface area contributed by atoms with Gasteiger partial charge in [0.1, 0.15) is 0 Å². The molecule has 2 rings (SSSR count). The van der Waals surface area contributed by atoms with Gasteiger partial charge in [-0.15, -0.1) is 0 Å². The molecule has 0 aromatic heterocycles. The fraction of sp³-hybridized carbons (Fsp3) is 0.467. The Hall–Kier alpha value is -2.04. The number of unbranched alkanes of at least 4 members (excludes halogenated alkanes) is 1. The van der Waals surface area contributed by atoms with E-state index >= 15 is 0 Å². The van der Waals surface area contributed by atoms with Gasteiger partial charge in [0.2, 0.25) is 5.91 Å². The zero-order valence-electron chi connectivity index (χ0n) is 11.4. The van der Waals surface area contributed by atoms with E-state index in [9.17, 15) is 9.59 Å². The summed E-state index contributed by atoms with van der Waals surface area (Å²) < 4.78 is 0. The van der Waals surface area contributed by atoms with Gasteiger partial charge in [-0.25, -0.2) is 0 Å². The summed E-state index contributed by atoms with van der Waals surface area (Å²) in [6.07, 6.45) is 2.33. The molecular formula is C15H20N2O3. The quantitative estimate of drug-likeness (QED) is 0.769. The van der Waals surface area contributed by atoms with Crippen molar-refractivity contribution in [2.24, 2.45) is 11.7 Å². The average Bonchev–Trinajstić information content (AvgIpc) is 2.42. The van der Waals surface area contributed by atoms with Crippen LogP contribution in [0, 0.1) is 5.92 Å². The first kappa shape index (κ1) is 14.4. The summed E-state index contributed by atoms with van der Waals surface area (Å²) in [7, 11) is 0. The molecule has 0 aliphatic carbocycles. The summed E-state index contributed by atoms with van der Waals surface area (Å²) >= 11 is 0. The molecule has 0 bridgehead atoms. The number of fused-ring (bicyclic) bond motifs is 1. The Labute approximate surface area is 118 Å². The number of benzene rings is 1. The normalized spacial score (nSPS) is 17.6. The van der Waals surface area contributed by atoms with Crippen molar-refractivity contribution in [1.82, 2.24) is 0 Å². The molecule has 1 heterocycles. The number of hydrogen-bond donors (Lipinski definition) is 2. The van der Waals surface area contributed by atoms with Crippen LogP contribution in [0.25, 0.3) is 0 Å². The van der Waals surface area contributed by atoms with Gasteiger partial charge in [0.05, 0.1) is 5.92 Å². The number of anilines is 1. The van der Waals surface area contributed by atoms with Crippen molar-refractivity contribution in [1.29, 1.82) is 0 Å². The van der Waals surface area contributed by atoms with Gasteiger partial charge in [-0.3, -0.25) is 9.59 Å². The van der Waals surface area contributed by atoms with Crippen molar-refractivity contribution in [3.05, 3.63) is 29.8 Å². The maximum Gasteiger partial charge on any atom is 0.303 e. The van der Waals surface area contributed by atoms with Crippen LogP contribution in [-0.4, -0.2) is 30.1 Å². The van der Waals surface area contributed by atoms with Crippen molar-refractivity contribution in [2.45, 2.75) is 25.7 Å². The maximum atomic E-state index is 11.4. The number of carbonyl (C=O) groups excluding carboxylic acids is 1. The fourth-order valence-corrected chi connectivity index (χ4v) is 2.67. The first-order valence-corrected chi connectivity index (χ1v) is 6.92. The van der Waals surface area contributed by atoms with E-state index in [1.165, 1.54) is 0 Å². The number of rotatable bonds is 6. The highest BCUT2D eigenvalue weighted by atomic mass is 16.4.